The van der Waals surface area contributed by atoms with Gasteiger partial charge in [-0.2, -0.15) is 0 Å². The second kappa shape index (κ2) is 4.92. The van der Waals surface area contributed by atoms with Crippen LogP contribution in [0.5, 0.6) is 0 Å². The molecule has 130 valence electrons. The molecule has 0 atom stereocenters. The Morgan fingerprint density at radius 3 is 2.46 bits per heavy atom. The fourth-order valence-electron chi connectivity index (χ4n) is 4.77. The largest absolute Gasteiger partial charge is 0.293 e. The summed E-state index contributed by atoms with van der Waals surface area (Å²) in [5.74, 6) is 0.956. The number of rotatable bonds is 0. The van der Waals surface area contributed by atoms with Gasteiger partial charge >= 0.3 is 0 Å². The smallest absolute Gasteiger partial charge is 0.146 e. The van der Waals surface area contributed by atoms with E-state index in [0.29, 0.717) is 0 Å². The van der Waals surface area contributed by atoms with Crippen LogP contribution in [0.25, 0.3) is 43.2 Å². The Kier molecular flexibility index (Phi) is 2.58. The lowest BCUT2D eigenvalue weighted by atomic mass is 9.93. The highest BCUT2D eigenvalue weighted by molar-refractivity contribution is 6.32. The molecule has 4 aromatic carbocycles. The molecular formula is C25H13ClN2. The van der Waals surface area contributed by atoms with E-state index >= 15 is 0 Å². The fourth-order valence-corrected chi connectivity index (χ4v) is 4.94. The van der Waals surface area contributed by atoms with Gasteiger partial charge in [0.25, 0.3) is 0 Å². The predicted octanol–water partition coefficient (Wildman–Crippen LogP) is 7.57. The quantitative estimate of drug-likeness (QED) is 0.271. The summed E-state index contributed by atoms with van der Waals surface area (Å²) in [5.41, 5.74) is 3.43. The van der Waals surface area contributed by atoms with Gasteiger partial charge < -0.3 is 0 Å². The van der Waals surface area contributed by atoms with Crippen LogP contribution < -0.4 is 4.90 Å². The normalized spacial score (nSPS) is 13.1. The first-order valence-electron chi connectivity index (χ1n) is 9.35. The molecule has 3 aliphatic rings. The molecule has 0 bridgehead atoms. The number of fused-ring (bicyclic) bond motifs is 5. The lowest BCUT2D eigenvalue weighted by Gasteiger charge is -2.35. The molecule has 0 saturated carbocycles. The van der Waals surface area contributed by atoms with E-state index in [2.05, 4.69) is 71.6 Å². The van der Waals surface area contributed by atoms with E-state index in [1.54, 1.807) is 0 Å². The number of nitrogens with zero attached hydrogens (tertiary/aromatic N) is 2. The lowest BCUT2D eigenvalue weighted by Crippen LogP contribution is -2.18. The van der Waals surface area contributed by atoms with Gasteiger partial charge in [0.15, 0.2) is 0 Å². The number of aromatic nitrogens is 1. The van der Waals surface area contributed by atoms with Crippen molar-refractivity contribution in [3.05, 3.63) is 83.9 Å². The molecule has 2 nitrogen and oxygen atoms in total. The highest BCUT2D eigenvalue weighted by atomic mass is 35.5. The van der Waals surface area contributed by atoms with Gasteiger partial charge in [0.2, 0.25) is 0 Å². The van der Waals surface area contributed by atoms with Gasteiger partial charge in [-0.25, -0.2) is 4.98 Å². The third-order valence-electron chi connectivity index (χ3n) is 5.94. The first-order valence-corrected chi connectivity index (χ1v) is 9.73. The average Bonchev–Trinajstić information content (AvgIpc) is 2.74. The van der Waals surface area contributed by atoms with Crippen LogP contribution in [0.3, 0.4) is 0 Å². The van der Waals surface area contributed by atoms with Gasteiger partial charge in [0, 0.05) is 26.6 Å². The number of hydrogen-bond donors (Lipinski definition) is 0. The maximum atomic E-state index is 6.36. The van der Waals surface area contributed by atoms with Crippen molar-refractivity contribution < 1.29 is 0 Å². The van der Waals surface area contributed by atoms with Crippen molar-refractivity contribution in [3.63, 3.8) is 0 Å². The molecule has 7 rings (SSSR count). The Morgan fingerprint density at radius 1 is 0.679 bits per heavy atom. The molecule has 0 aromatic heterocycles. The van der Waals surface area contributed by atoms with Crippen LogP contribution in [-0.4, -0.2) is 4.98 Å². The number of halogens is 1. The van der Waals surface area contributed by atoms with Crippen molar-refractivity contribution in [1.29, 1.82) is 0 Å². The molecule has 0 spiro atoms. The van der Waals surface area contributed by atoms with Gasteiger partial charge in [0.05, 0.1) is 16.9 Å². The Bertz CT molecular complexity index is 1590. The minimum absolute atomic E-state index is 0.730. The molecule has 0 amide bonds. The maximum absolute atomic E-state index is 6.36. The highest BCUT2D eigenvalue weighted by Gasteiger charge is 2.30. The second-order valence-electron chi connectivity index (χ2n) is 7.41. The van der Waals surface area contributed by atoms with E-state index in [1.807, 2.05) is 12.1 Å². The average molecular weight is 377 g/mol. The Labute approximate surface area is 165 Å². The van der Waals surface area contributed by atoms with Gasteiger partial charge in [-0.05, 0) is 40.4 Å². The summed E-state index contributed by atoms with van der Waals surface area (Å²) in [7, 11) is 0. The number of anilines is 3. The topological polar surface area (TPSA) is 16.1 Å². The minimum atomic E-state index is 0.730. The van der Waals surface area contributed by atoms with Gasteiger partial charge in [-0.15, -0.1) is 0 Å². The molecule has 0 radical (unpaired) electrons. The monoisotopic (exact) mass is 376 g/mol. The summed E-state index contributed by atoms with van der Waals surface area (Å²) < 4.78 is 0. The standard InChI is InChI=1S/C25H13ClN2/c26-16-10-8-15-12-22-18-6-2-1-5-17(18)19-11-9-14-4-3-7-21-23(14)24(19)28(22)25(27-21)20(15)13-16/h1-13H. The van der Waals surface area contributed by atoms with E-state index in [-0.39, 0.29) is 0 Å². The third kappa shape index (κ3) is 1.67. The van der Waals surface area contributed by atoms with Crippen molar-refractivity contribution in [2.75, 3.05) is 4.90 Å². The van der Waals surface area contributed by atoms with Gasteiger partial charge in [-0.1, -0.05) is 66.2 Å². The molecule has 0 saturated heterocycles. The Hall–Kier alpha value is -3.36. The van der Waals surface area contributed by atoms with Crippen LogP contribution in [0.4, 0.5) is 17.2 Å². The van der Waals surface area contributed by atoms with Gasteiger partial charge in [0.1, 0.15) is 5.82 Å². The summed E-state index contributed by atoms with van der Waals surface area (Å²) in [4.78, 5) is 7.43. The molecule has 0 aliphatic carbocycles. The van der Waals surface area contributed by atoms with Crippen LogP contribution in [0.1, 0.15) is 0 Å². The number of benzene rings is 4. The van der Waals surface area contributed by atoms with Crippen molar-refractivity contribution in [2.45, 2.75) is 0 Å². The zero-order valence-corrected chi connectivity index (χ0v) is 15.5. The molecule has 3 aliphatic heterocycles. The molecule has 3 heteroatoms. The first-order chi connectivity index (χ1) is 13.8. The highest BCUT2D eigenvalue weighted by Crippen LogP contribution is 2.53. The van der Waals surface area contributed by atoms with Crippen LogP contribution in [0, 0.1) is 0 Å². The van der Waals surface area contributed by atoms with E-state index in [0.717, 1.165) is 27.1 Å². The van der Waals surface area contributed by atoms with Gasteiger partial charge in [-0.3, -0.25) is 4.90 Å². The zero-order valence-electron chi connectivity index (χ0n) is 14.8. The minimum Gasteiger partial charge on any atom is -0.293 e. The fraction of sp³-hybridized carbons (Fsp3) is 0. The molecule has 3 heterocycles. The van der Waals surface area contributed by atoms with E-state index in [1.165, 1.54) is 38.3 Å². The molecule has 28 heavy (non-hydrogen) atoms. The molecule has 0 N–H and O–H groups in total. The van der Waals surface area contributed by atoms with Crippen molar-refractivity contribution in [1.82, 2.24) is 4.98 Å². The van der Waals surface area contributed by atoms with E-state index in [4.69, 9.17) is 16.6 Å². The van der Waals surface area contributed by atoms with Crippen molar-refractivity contribution >= 4 is 72.0 Å². The van der Waals surface area contributed by atoms with Crippen LogP contribution in [0.2, 0.25) is 5.02 Å². The third-order valence-corrected chi connectivity index (χ3v) is 6.18. The van der Waals surface area contributed by atoms with Crippen LogP contribution in [0.15, 0.2) is 78.9 Å². The summed E-state index contributed by atoms with van der Waals surface area (Å²) >= 11 is 6.36. The second-order valence-corrected chi connectivity index (χ2v) is 7.85. The van der Waals surface area contributed by atoms with E-state index in [9.17, 15) is 0 Å². The zero-order chi connectivity index (χ0) is 18.4. The SMILES string of the molecule is Clc1ccc2cc3c4ccccc4c4ccc5cccc6nc(c2c1)N3c4c56. The first kappa shape index (κ1) is 14.7. The summed E-state index contributed by atoms with van der Waals surface area (Å²) in [6.07, 6.45) is 0. The van der Waals surface area contributed by atoms with Crippen LogP contribution >= 0.6 is 11.6 Å². The molecule has 4 aromatic rings. The van der Waals surface area contributed by atoms with Crippen molar-refractivity contribution in [3.8, 4) is 0 Å². The molecule has 0 unspecified atom stereocenters. The molecule has 0 fully saturated rings. The lowest BCUT2D eigenvalue weighted by molar-refractivity contribution is 1.23. The molecular weight excluding hydrogens is 364 g/mol. The maximum Gasteiger partial charge on any atom is 0.146 e. The number of hydrogen-bond acceptors (Lipinski definition) is 2. The van der Waals surface area contributed by atoms with Crippen molar-refractivity contribution in [2.24, 2.45) is 0 Å². The summed E-state index contributed by atoms with van der Waals surface area (Å²) in [5, 5.41) is 9.16. The summed E-state index contributed by atoms with van der Waals surface area (Å²) in [6.45, 7) is 0. The Morgan fingerprint density at radius 2 is 1.54 bits per heavy atom. The summed E-state index contributed by atoms with van der Waals surface area (Å²) in [6, 6.07) is 27.8. The predicted molar refractivity (Wildman–Crippen MR) is 119 cm³/mol. The van der Waals surface area contributed by atoms with E-state index < -0.39 is 0 Å². The Balaban J connectivity index is 1.89. The van der Waals surface area contributed by atoms with Crippen LogP contribution in [-0.2, 0) is 0 Å².